The van der Waals surface area contributed by atoms with Crippen LogP contribution < -0.4 is 0 Å². The highest BCUT2D eigenvalue weighted by molar-refractivity contribution is 6.35. The van der Waals surface area contributed by atoms with Crippen LogP contribution in [0.15, 0.2) is 24.4 Å². The average molecular weight is 241 g/mol. The van der Waals surface area contributed by atoms with Gasteiger partial charge in [0.2, 0.25) is 0 Å². The van der Waals surface area contributed by atoms with Gasteiger partial charge in [-0.25, -0.2) is 4.98 Å². The van der Waals surface area contributed by atoms with Gasteiger partial charge in [0.15, 0.2) is 6.29 Å². The quantitative estimate of drug-likeness (QED) is 0.820. The third-order valence-corrected chi connectivity index (χ3v) is 2.47. The number of hydrogen-bond donors (Lipinski definition) is 1. The fraction of sp³-hybridized carbons (Fsp3) is 0. The molecule has 0 atom stereocenters. The third kappa shape index (κ3) is 2.03. The first-order chi connectivity index (χ1) is 7.20. The SMILES string of the molecule is O=Cc1cnc(-c2cc(Cl)ccc2Cl)[nH]1. The van der Waals surface area contributed by atoms with Gasteiger partial charge in [0.05, 0.1) is 16.9 Å². The van der Waals surface area contributed by atoms with Crippen molar-refractivity contribution in [1.82, 2.24) is 9.97 Å². The number of nitrogens with zero attached hydrogens (tertiary/aromatic N) is 1. The molecule has 0 fully saturated rings. The van der Waals surface area contributed by atoms with E-state index in [0.29, 0.717) is 33.4 Å². The van der Waals surface area contributed by atoms with Crippen molar-refractivity contribution in [1.29, 1.82) is 0 Å². The van der Waals surface area contributed by atoms with Crippen LogP contribution in [0.25, 0.3) is 11.4 Å². The fourth-order valence-electron chi connectivity index (χ4n) is 1.21. The summed E-state index contributed by atoms with van der Waals surface area (Å²) < 4.78 is 0. The maximum Gasteiger partial charge on any atom is 0.167 e. The monoisotopic (exact) mass is 240 g/mol. The number of carbonyl (C=O) groups excluding carboxylic acids is 1. The third-order valence-electron chi connectivity index (χ3n) is 1.91. The van der Waals surface area contributed by atoms with Crippen LogP contribution in [0.4, 0.5) is 0 Å². The first kappa shape index (κ1) is 10.2. The number of rotatable bonds is 2. The molecule has 15 heavy (non-hydrogen) atoms. The summed E-state index contributed by atoms with van der Waals surface area (Å²) in [7, 11) is 0. The van der Waals surface area contributed by atoms with Crippen molar-refractivity contribution < 1.29 is 4.79 Å². The number of aromatic nitrogens is 2. The van der Waals surface area contributed by atoms with Crippen molar-refractivity contribution in [2.24, 2.45) is 0 Å². The normalized spacial score (nSPS) is 10.3. The summed E-state index contributed by atoms with van der Waals surface area (Å²) in [4.78, 5) is 17.3. The van der Waals surface area contributed by atoms with Crippen LogP contribution in [0, 0.1) is 0 Å². The van der Waals surface area contributed by atoms with Gasteiger partial charge in [0.1, 0.15) is 5.82 Å². The zero-order valence-electron chi connectivity index (χ0n) is 7.50. The summed E-state index contributed by atoms with van der Waals surface area (Å²) in [6.45, 7) is 0. The molecule has 2 rings (SSSR count). The molecular weight excluding hydrogens is 235 g/mol. The number of aromatic amines is 1. The topological polar surface area (TPSA) is 45.8 Å². The molecular formula is C10H6Cl2N2O. The summed E-state index contributed by atoms with van der Waals surface area (Å²) in [5.41, 5.74) is 1.08. The molecule has 1 heterocycles. The molecule has 0 amide bonds. The van der Waals surface area contributed by atoms with Gasteiger partial charge >= 0.3 is 0 Å². The number of halogens is 2. The lowest BCUT2D eigenvalue weighted by atomic mass is 10.2. The molecule has 0 aliphatic rings. The number of aldehydes is 1. The number of benzene rings is 1. The second-order valence-corrected chi connectivity index (χ2v) is 3.77. The summed E-state index contributed by atoms with van der Waals surface area (Å²) in [5.74, 6) is 0.532. The van der Waals surface area contributed by atoms with Crippen LogP contribution >= 0.6 is 23.2 Å². The van der Waals surface area contributed by atoms with Crippen molar-refractivity contribution in [2.45, 2.75) is 0 Å². The zero-order valence-corrected chi connectivity index (χ0v) is 9.01. The van der Waals surface area contributed by atoms with Gasteiger partial charge in [-0.3, -0.25) is 4.79 Å². The second-order valence-electron chi connectivity index (χ2n) is 2.93. The molecule has 0 bridgehead atoms. The van der Waals surface area contributed by atoms with Crippen LogP contribution in [0.3, 0.4) is 0 Å². The van der Waals surface area contributed by atoms with Crippen LogP contribution in [0.5, 0.6) is 0 Å². The van der Waals surface area contributed by atoms with E-state index in [1.165, 1.54) is 6.20 Å². The minimum absolute atomic E-state index is 0.404. The first-order valence-corrected chi connectivity index (χ1v) is 4.92. The molecule has 1 N–H and O–H groups in total. The van der Waals surface area contributed by atoms with Gasteiger partial charge in [-0.05, 0) is 18.2 Å². The van der Waals surface area contributed by atoms with Gasteiger partial charge in [0.25, 0.3) is 0 Å². The standard InChI is InChI=1S/C10H6Cl2N2O/c11-6-1-2-9(12)8(3-6)10-13-4-7(5-15)14-10/h1-5H,(H,13,14). The van der Waals surface area contributed by atoms with E-state index < -0.39 is 0 Å². The molecule has 0 radical (unpaired) electrons. The molecule has 2 aromatic rings. The molecule has 5 heteroatoms. The first-order valence-electron chi connectivity index (χ1n) is 4.16. The highest BCUT2D eigenvalue weighted by Crippen LogP contribution is 2.28. The number of carbonyl (C=O) groups is 1. The van der Waals surface area contributed by atoms with Crippen molar-refractivity contribution in [3.05, 3.63) is 40.1 Å². The molecule has 0 aliphatic heterocycles. The Hall–Kier alpha value is -1.32. The maximum absolute atomic E-state index is 10.5. The zero-order chi connectivity index (χ0) is 10.8. The van der Waals surface area contributed by atoms with Gasteiger partial charge in [-0.15, -0.1) is 0 Å². The number of nitrogens with one attached hydrogen (secondary N) is 1. The number of H-pyrrole nitrogens is 1. The Kier molecular flexibility index (Phi) is 2.75. The summed E-state index contributed by atoms with van der Waals surface area (Å²) in [6.07, 6.45) is 2.13. The van der Waals surface area contributed by atoms with Gasteiger partial charge < -0.3 is 4.98 Å². The predicted molar refractivity (Wildman–Crippen MR) is 59.4 cm³/mol. The summed E-state index contributed by atoms with van der Waals surface area (Å²) >= 11 is 11.8. The van der Waals surface area contributed by atoms with Crippen molar-refractivity contribution >= 4 is 29.5 Å². The summed E-state index contributed by atoms with van der Waals surface area (Å²) in [5, 5.41) is 1.10. The Labute approximate surface area is 96.1 Å². The molecule has 3 nitrogen and oxygen atoms in total. The smallest absolute Gasteiger partial charge is 0.167 e. The lowest BCUT2D eigenvalue weighted by molar-refractivity contribution is 0.111. The van der Waals surface area contributed by atoms with E-state index in [1.54, 1.807) is 18.2 Å². The highest BCUT2D eigenvalue weighted by atomic mass is 35.5. The van der Waals surface area contributed by atoms with Gasteiger partial charge in [0, 0.05) is 10.6 Å². The average Bonchev–Trinajstić information content (AvgIpc) is 2.70. The van der Waals surface area contributed by atoms with E-state index in [2.05, 4.69) is 9.97 Å². The Balaban J connectivity index is 2.52. The largest absolute Gasteiger partial charge is 0.336 e. The van der Waals surface area contributed by atoms with E-state index in [0.717, 1.165) is 0 Å². The molecule has 0 saturated heterocycles. The van der Waals surface area contributed by atoms with Crippen molar-refractivity contribution in [3.63, 3.8) is 0 Å². The lowest BCUT2D eigenvalue weighted by Gasteiger charge is -2.00. The van der Waals surface area contributed by atoms with E-state index in [-0.39, 0.29) is 0 Å². The molecule has 0 aliphatic carbocycles. The second kappa shape index (κ2) is 4.04. The molecule has 76 valence electrons. The van der Waals surface area contributed by atoms with Crippen LogP contribution in [-0.2, 0) is 0 Å². The Morgan fingerprint density at radius 2 is 2.13 bits per heavy atom. The minimum atomic E-state index is 0.404. The summed E-state index contributed by atoms with van der Waals surface area (Å²) in [6, 6.07) is 5.07. The molecule has 0 saturated carbocycles. The van der Waals surface area contributed by atoms with E-state index >= 15 is 0 Å². The van der Waals surface area contributed by atoms with Crippen LogP contribution in [0.2, 0.25) is 10.0 Å². The lowest BCUT2D eigenvalue weighted by Crippen LogP contribution is -1.83. The number of hydrogen-bond acceptors (Lipinski definition) is 2. The van der Waals surface area contributed by atoms with Gasteiger partial charge in [-0.2, -0.15) is 0 Å². The van der Waals surface area contributed by atoms with Crippen molar-refractivity contribution in [2.75, 3.05) is 0 Å². The van der Waals surface area contributed by atoms with Crippen LogP contribution in [-0.4, -0.2) is 16.3 Å². The molecule has 0 spiro atoms. The fourth-order valence-corrected chi connectivity index (χ4v) is 1.59. The van der Waals surface area contributed by atoms with E-state index in [9.17, 15) is 4.79 Å². The van der Waals surface area contributed by atoms with E-state index in [4.69, 9.17) is 23.2 Å². The van der Waals surface area contributed by atoms with Crippen LogP contribution in [0.1, 0.15) is 10.5 Å². The molecule has 0 unspecified atom stereocenters. The molecule has 1 aromatic heterocycles. The number of imidazole rings is 1. The molecule has 1 aromatic carbocycles. The van der Waals surface area contributed by atoms with Crippen molar-refractivity contribution in [3.8, 4) is 11.4 Å². The van der Waals surface area contributed by atoms with Gasteiger partial charge in [-0.1, -0.05) is 23.2 Å². The Morgan fingerprint density at radius 1 is 1.33 bits per heavy atom. The minimum Gasteiger partial charge on any atom is -0.336 e. The predicted octanol–water partition coefficient (Wildman–Crippen LogP) is 3.20. The maximum atomic E-state index is 10.5. The Morgan fingerprint density at radius 3 is 2.80 bits per heavy atom. The highest BCUT2D eigenvalue weighted by Gasteiger charge is 2.07. The Bertz CT molecular complexity index is 508. The van der Waals surface area contributed by atoms with E-state index in [1.807, 2.05) is 0 Å².